The van der Waals surface area contributed by atoms with Crippen molar-refractivity contribution in [1.29, 1.82) is 5.26 Å². The molecule has 0 spiro atoms. The Bertz CT molecular complexity index is 1180. The zero-order chi connectivity index (χ0) is 23.6. The van der Waals surface area contributed by atoms with Gasteiger partial charge in [0.25, 0.3) is 11.8 Å². The summed E-state index contributed by atoms with van der Waals surface area (Å²) in [4.78, 5) is 24.4. The Morgan fingerprint density at radius 3 is 2.09 bits per heavy atom. The lowest BCUT2D eigenvalue weighted by Gasteiger charge is -2.08. The van der Waals surface area contributed by atoms with Crippen molar-refractivity contribution in [2.24, 2.45) is 0 Å². The average Bonchev–Trinajstić information content (AvgIpc) is 2.83. The molecule has 0 aliphatic heterocycles. The van der Waals surface area contributed by atoms with Crippen LogP contribution in [0.1, 0.15) is 5.56 Å². The largest absolute Gasteiger partial charge is 0.508 e. The minimum atomic E-state index is -0.571. The third-order valence-corrected chi connectivity index (χ3v) is 4.43. The number of phenols is 1. The van der Waals surface area contributed by atoms with Gasteiger partial charge in [-0.05, 0) is 72.3 Å². The third-order valence-electron chi connectivity index (χ3n) is 4.43. The molecule has 0 bridgehead atoms. The van der Waals surface area contributed by atoms with Gasteiger partial charge in [0.2, 0.25) is 0 Å². The van der Waals surface area contributed by atoms with E-state index < -0.39 is 5.91 Å². The number of carbonyl (C=O) groups excluding carboxylic acids is 2. The van der Waals surface area contributed by atoms with Gasteiger partial charge < -0.3 is 25.2 Å². The molecule has 2 amide bonds. The number of nitriles is 1. The molecule has 0 aliphatic rings. The highest BCUT2D eigenvalue weighted by Gasteiger charge is 2.10. The van der Waals surface area contributed by atoms with Crippen molar-refractivity contribution in [2.45, 2.75) is 0 Å². The maximum Gasteiger partial charge on any atom is 0.266 e. The molecule has 0 atom stereocenters. The molecule has 0 aromatic heterocycles. The Hall–Kier alpha value is -4.77. The number of anilines is 2. The van der Waals surface area contributed by atoms with Crippen LogP contribution in [-0.2, 0) is 9.59 Å². The number of amides is 2. The highest BCUT2D eigenvalue weighted by atomic mass is 16.5. The van der Waals surface area contributed by atoms with Crippen molar-refractivity contribution in [2.75, 3.05) is 24.4 Å². The van der Waals surface area contributed by atoms with Crippen molar-refractivity contribution in [1.82, 2.24) is 0 Å². The molecule has 0 aliphatic carbocycles. The van der Waals surface area contributed by atoms with Gasteiger partial charge in [0.1, 0.15) is 28.9 Å². The summed E-state index contributed by atoms with van der Waals surface area (Å²) >= 11 is 0. The van der Waals surface area contributed by atoms with Crippen LogP contribution in [0.4, 0.5) is 11.4 Å². The van der Waals surface area contributed by atoms with Gasteiger partial charge in [-0.2, -0.15) is 5.26 Å². The van der Waals surface area contributed by atoms with Gasteiger partial charge in [0.15, 0.2) is 6.61 Å². The van der Waals surface area contributed by atoms with E-state index in [2.05, 4.69) is 10.6 Å². The van der Waals surface area contributed by atoms with Gasteiger partial charge in [0.05, 0.1) is 7.11 Å². The Morgan fingerprint density at radius 1 is 0.909 bits per heavy atom. The normalized spacial score (nSPS) is 10.6. The Balaban J connectivity index is 1.55. The average molecular weight is 443 g/mol. The fourth-order valence-electron chi connectivity index (χ4n) is 2.74. The van der Waals surface area contributed by atoms with E-state index in [1.54, 1.807) is 55.6 Å². The number of phenolic OH excluding ortho intramolecular Hbond substituents is 1. The first-order valence-corrected chi connectivity index (χ1v) is 9.86. The highest BCUT2D eigenvalue weighted by Crippen LogP contribution is 2.18. The lowest BCUT2D eigenvalue weighted by molar-refractivity contribution is -0.118. The van der Waals surface area contributed by atoms with Crippen LogP contribution in [0, 0.1) is 11.3 Å². The molecule has 166 valence electrons. The van der Waals surface area contributed by atoms with E-state index in [4.69, 9.17) is 9.47 Å². The molecule has 3 aromatic rings. The van der Waals surface area contributed by atoms with E-state index in [-0.39, 0.29) is 23.8 Å². The van der Waals surface area contributed by atoms with Gasteiger partial charge in [0, 0.05) is 11.4 Å². The van der Waals surface area contributed by atoms with Gasteiger partial charge in [-0.3, -0.25) is 9.59 Å². The summed E-state index contributed by atoms with van der Waals surface area (Å²) in [6.45, 7) is -0.181. The molecule has 0 unspecified atom stereocenters. The molecule has 8 nitrogen and oxygen atoms in total. The van der Waals surface area contributed by atoms with Crippen LogP contribution >= 0.6 is 0 Å². The summed E-state index contributed by atoms with van der Waals surface area (Å²) < 4.78 is 10.6. The predicted molar refractivity (Wildman–Crippen MR) is 124 cm³/mol. The molecular formula is C25H21N3O5. The minimum Gasteiger partial charge on any atom is -0.508 e. The second-order valence-electron chi connectivity index (χ2n) is 6.81. The summed E-state index contributed by atoms with van der Waals surface area (Å²) in [6, 6.07) is 21.3. The molecule has 0 heterocycles. The van der Waals surface area contributed by atoms with Crippen LogP contribution in [0.2, 0.25) is 0 Å². The molecule has 0 fully saturated rings. The summed E-state index contributed by atoms with van der Waals surface area (Å²) in [5, 5.41) is 24.0. The molecular weight excluding hydrogens is 422 g/mol. The zero-order valence-corrected chi connectivity index (χ0v) is 17.7. The van der Waals surface area contributed by atoms with Gasteiger partial charge in [-0.15, -0.1) is 0 Å². The van der Waals surface area contributed by atoms with Gasteiger partial charge in [-0.1, -0.05) is 12.1 Å². The van der Waals surface area contributed by atoms with Gasteiger partial charge in [-0.25, -0.2) is 0 Å². The number of aromatic hydroxyl groups is 1. The van der Waals surface area contributed by atoms with Crippen molar-refractivity contribution in [3.8, 4) is 23.3 Å². The Kier molecular flexibility index (Phi) is 7.65. The molecule has 3 aromatic carbocycles. The third kappa shape index (κ3) is 6.87. The Labute approximate surface area is 190 Å². The maximum absolute atomic E-state index is 12.3. The van der Waals surface area contributed by atoms with Crippen LogP contribution in [0.3, 0.4) is 0 Å². The fraction of sp³-hybridized carbons (Fsp3) is 0.0800. The van der Waals surface area contributed by atoms with E-state index in [9.17, 15) is 20.0 Å². The quantitative estimate of drug-likeness (QED) is 0.275. The number of benzene rings is 3. The second-order valence-corrected chi connectivity index (χ2v) is 6.81. The molecule has 3 rings (SSSR count). The summed E-state index contributed by atoms with van der Waals surface area (Å²) in [6.07, 6.45) is 1.44. The monoisotopic (exact) mass is 443 g/mol. The molecule has 33 heavy (non-hydrogen) atoms. The first-order valence-electron chi connectivity index (χ1n) is 9.86. The molecule has 0 saturated carbocycles. The number of carbonyl (C=O) groups is 2. The molecule has 8 heteroatoms. The molecule has 3 N–H and O–H groups in total. The van der Waals surface area contributed by atoms with E-state index in [0.717, 1.165) is 0 Å². The standard InChI is InChI=1S/C25H21N3O5/c1-32-22-12-6-19(7-13-22)27-24(30)16-33-23-10-2-17(3-11-23)14-18(15-26)25(31)28-20-4-8-21(29)9-5-20/h2-14,29H,16H2,1H3,(H,27,30)(H,28,31)/b18-14+. The fourth-order valence-corrected chi connectivity index (χ4v) is 2.74. The van der Waals surface area contributed by atoms with E-state index in [0.29, 0.717) is 28.4 Å². The molecule has 0 saturated heterocycles. The summed E-state index contributed by atoms with van der Waals surface area (Å²) in [5.74, 6) is 0.338. The number of hydrogen-bond donors (Lipinski definition) is 3. The number of hydrogen-bond acceptors (Lipinski definition) is 6. The van der Waals surface area contributed by atoms with Crippen LogP contribution in [-0.4, -0.2) is 30.6 Å². The van der Waals surface area contributed by atoms with Crippen molar-refractivity contribution in [3.63, 3.8) is 0 Å². The SMILES string of the molecule is COc1ccc(NC(=O)COc2ccc(/C=C(\C#N)C(=O)Nc3ccc(O)cc3)cc2)cc1. The lowest BCUT2D eigenvalue weighted by atomic mass is 10.1. The van der Waals surface area contributed by atoms with Crippen molar-refractivity contribution in [3.05, 3.63) is 83.9 Å². The van der Waals surface area contributed by atoms with E-state index in [1.807, 2.05) is 6.07 Å². The predicted octanol–water partition coefficient (Wildman–Crippen LogP) is 3.96. The van der Waals surface area contributed by atoms with Crippen LogP contribution < -0.4 is 20.1 Å². The molecule has 0 radical (unpaired) electrons. The van der Waals surface area contributed by atoms with Crippen LogP contribution in [0.15, 0.2) is 78.4 Å². The smallest absolute Gasteiger partial charge is 0.266 e. The second kappa shape index (κ2) is 11.0. The van der Waals surface area contributed by atoms with Crippen LogP contribution in [0.5, 0.6) is 17.2 Å². The first-order chi connectivity index (χ1) is 16.0. The highest BCUT2D eigenvalue weighted by molar-refractivity contribution is 6.09. The lowest BCUT2D eigenvalue weighted by Crippen LogP contribution is -2.20. The maximum atomic E-state index is 12.3. The summed E-state index contributed by atoms with van der Waals surface area (Å²) in [5.41, 5.74) is 1.60. The topological polar surface area (TPSA) is 121 Å². The number of rotatable bonds is 8. The number of nitrogens with one attached hydrogen (secondary N) is 2. The number of methoxy groups -OCH3 is 1. The zero-order valence-electron chi connectivity index (χ0n) is 17.7. The first kappa shape index (κ1) is 22.9. The van der Waals surface area contributed by atoms with Crippen molar-refractivity contribution >= 4 is 29.3 Å². The van der Waals surface area contributed by atoms with Crippen LogP contribution in [0.25, 0.3) is 6.08 Å². The van der Waals surface area contributed by atoms with Crippen molar-refractivity contribution < 1.29 is 24.2 Å². The number of nitrogens with zero attached hydrogens (tertiary/aromatic N) is 1. The Morgan fingerprint density at radius 2 is 1.48 bits per heavy atom. The minimum absolute atomic E-state index is 0.0737. The summed E-state index contributed by atoms with van der Waals surface area (Å²) in [7, 11) is 1.57. The van der Waals surface area contributed by atoms with E-state index >= 15 is 0 Å². The van der Waals surface area contributed by atoms with E-state index in [1.165, 1.54) is 30.3 Å². The number of ether oxygens (including phenoxy) is 2. The van der Waals surface area contributed by atoms with Gasteiger partial charge >= 0.3 is 0 Å².